The number of hydrogen-bond acceptors (Lipinski definition) is 2. The van der Waals surface area contributed by atoms with Gasteiger partial charge in [-0.05, 0) is 49.6 Å². The van der Waals surface area contributed by atoms with Crippen LogP contribution in [0.15, 0.2) is 36.4 Å². The molecule has 0 bridgehead atoms. The zero-order valence-corrected chi connectivity index (χ0v) is 15.7. The van der Waals surface area contributed by atoms with E-state index < -0.39 is 0 Å². The molecule has 2 aromatic carbocycles. The van der Waals surface area contributed by atoms with Gasteiger partial charge >= 0.3 is 6.03 Å². The van der Waals surface area contributed by atoms with Gasteiger partial charge in [-0.15, -0.1) is 0 Å². The predicted molar refractivity (Wildman–Crippen MR) is 105 cm³/mol. The minimum absolute atomic E-state index is 0.0410. The van der Waals surface area contributed by atoms with E-state index in [1.807, 2.05) is 42.2 Å². The summed E-state index contributed by atoms with van der Waals surface area (Å²) >= 11 is 6.46. The molecule has 1 aliphatic rings. The lowest BCUT2D eigenvalue weighted by Crippen LogP contribution is -2.50. The molecule has 1 fully saturated rings. The number of urea groups is 1. The van der Waals surface area contributed by atoms with Crippen LogP contribution in [0.25, 0.3) is 0 Å². The number of amides is 2. The van der Waals surface area contributed by atoms with Crippen molar-refractivity contribution in [2.75, 3.05) is 36.4 Å². The molecule has 0 atom stereocenters. The van der Waals surface area contributed by atoms with Crippen LogP contribution in [-0.4, -0.2) is 37.1 Å². The number of halogens is 1. The van der Waals surface area contributed by atoms with E-state index in [0.717, 1.165) is 35.1 Å². The Morgan fingerprint density at radius 2 is 1.68 bits per heavy atom. The van der Waals surface area contributed by atoms with Gasteiger partial charge in [-0.2, -0.15) is 0 Å². The van der Waals surface area contributed by atoms with Crippen LogP contribution in [0.4, 0.5) is 16.2 Å². The first-order valence-corrected chi connectivity index (χ1v) is 8.97. The fourth-order valence-corrected chi connectivity index (χ4v) is 3.79. The zero-order chi connectivity index (χ0) is 18.0. The molecule has 1 N–H and O–H groups in total. The van der Waals surface area contributed by atoms with E-state index in [1.165, 1.54) is 11.1 Å². The number of benzene rings is 2. The molecule has 1 saturated heterocycles. The molecule has 1 aliphatic heterocycles. The second kappa shape index (κ2) is 7.36. The molecule has 0 aromatic heterocycles. The van der Waals surface area contributed by atoms with Crippen molar-refractivity contribution in [3.05, 3.63) is 58.1 Å². The van der Waals surface area contributed by atoms with Crippen molar-refractivity contribution in [2.24, 2.45) is 0 Å². The second-order valence-electron chi connectivity index (χ2n) is 6.63. The van der Waals surface area contributed by atoms with Crippen LogP contribution in [0.2, 0.25) is 5.02 Å². The molecule has 0 unspecified atom stereocenters. The summed E-state index contributed by atoms with van der Waals surface area (Å²) in [7, 11) is 0. The Bertz CT molecular complexity index is 759. The highest BCUT2D eigenvalue weighted by Crippen LogP contribution is 2.31. The van der Waals surface area contributed by atoms with Crippen molar-refractivity contribution >= 4 is 29.0 Å². The first-order chi connectivity index (χ1) is 12.0. The summed E-state index contributed by atoms with van der Waals surface area (Å²) in [6.07, 6.45) is 0. The average molecular weight is 358 g/mol. The van der Waals surface area contributed by atoms with Crippen molar-refractivity contribution in [3.63, 3.8) is 0 Å². The number of rotatable bonds is 2. The van der Waals surface area contributed by atoms with Gasteiger partial charge in [-0.1, -0.05) is 35.9 Å². The van der Waals surface area contributed by atoms with E-state index in [9.17, 15) is 4.79 Å². The maximum Gasteiger partial charge on any atom is 0.321 e. The van der Waals surface area contributed by atoms with E-state index in [1.54, 1.807) is 0 Å². The minimum Gasteiger partial charge on any atom is -0.367 e. The average Bonchev–Trinajstić information content (AvgIpc) is 2.56. The van der Waals surface area contributed by atoms with E-state index in [-0.39, 0.29) is 6.03 Å². The first kappa shape index (κ1) is 17.6. The van der Waals surface area contributed by atoms with Crippen LogP contribution in [0.3, 0.4) is 0 Å². The quantitative estimate of drug-likeness (QED) is 0.851. The number of hydrogen-bond donors (Lipinski definition) is 1. The molecule has 1 heterocycles. The van der Waals surface area contributed by atoms with Gasteiger partial charge < -0.3 is 15.1 Å². The number of nitrogens with zero attached hydrogens (tertiary/aromatic N) is 2. The molecule has 0 saturated carbocycles. The van der Waals surface area contributed by atoms with Gasteiger partial charge in [0.2, 0.25) is 0 Å². The Hall–Kier alpha value is -2.20. The number of anilines is 2. The lowest BCUT2D eigenvalue weighted by atomic mass is 10.1. The third-order valence-corrected chi connectivity index (χ3v) is 4.96. The normalized spacial score (nSPS) is 14.6. The summed E-state index contributed by atoms with van der Waals surface area (Å²) in [5.41, 5.74) is 5.38. The Morgan fingerprint density at radius 1 is 1.00 bits per heavy atom. The van der Waals surface area contributed by atoms with Gasteiger partial charge in [0.25, 0.3) is 0 Å². The molecule has 3 rings (SSSR count). The van der Waals surface area contributed by atoms with Crippen molar-refractivity contribution < 1.29 is 4.79 Å². The first-order valence-electron chi connectivity index (χ1n) is 8.59. The largest absolute Gasteiger partial charge is 0.367 e. The third-order valence-electron chi connectivity index (χ3n) is 4.67. The summed E-state index contributed by atoms with van der Waals surface area (Å²) in [6, 6.07) is 11.9. The maximum atomic E-state index is 12.5. The smallest absolute Gasteiger partial charge is 0.321 e. The molecule has 0 spiro atoms. The predicted octanol–water partition coefficient (Wildman–Crippen LogP) is 4.62. The number of piperazine rings is 1. The van der Waals surface area contributed by atoms with Gasteiger partial charge in [0.1, 0.15) is 0 Å². The van der Waals surface area contributed by atoms with Crippen LogP contribution in [-0.2, 0) is 0 Å². The highest BCUT2D eigenvalue weighted by Gasteiger charge is 2.23. The van der Waals surface area contributed by atoms with Crippen LogP contribution in [0.1, 0.15) is 16.7 Å². The fraction of sp³-hybridized carbons (Fsp3) is 0.350. The van der Waals surface area contributed by atoms with Crippen molar-refractivity contribution in [1.82, 2.24) is 4.90 Å². The van der Waals surface area contributed by atoms with E-state index in [0.29, 0.717) is 13.1 Å². The number of carbonyl (C=O) groups excluding carboxylic acids is 1. The molecule has 0 aliphatic carbocycles. The molecule has 132 valence electrons. The minimum atomic E-state index is -0.0410. The SMILES string of the molecule is Cc1cc(C)c(N2CCN(C(=O)Nc3ccccc3C)CC2)c(Cl)c1. The van der Waals surface area contributed by atoms with Gasteiger partial charge in [0, 0.05) is 31.9 Å². The van der Waals surface area contributed by atoms with Crippen LogP contribution in [0.5, 0.6) is 0 Å². The molecule has 25 heavy (non-hydrogen) atoms. The molecular formula is C20H24ClN3O. The Balaban J connectivity index is 1.64. The van der Waals surface area contributed by atoms with Crippen molar-refractivity contribution in [1.29, 1.82) is 0 Å². The molecule has 2 amide bonds. The number of carbonyl (C=O) groups is 1. The summed E-state index contributed by atoms with van der Waals surface area (Å²) in [5, 5.41) is 3.79. The Labute approximate surface area is 154 Å². The summed E-state index contributed by atoms with van der Waals surface area (Å²) in [4.78, 5) is 16.6. The fourth-order valence-electron chi connectivity index (χ4n) is 3.35. The van der Waals surface area contributed by atoms with Crippen molar-refractivity contribution in [2.45, 2.75) is 20.8 Å². The number of aryl methyl sites for hydroxylation is 3. The maximum absolute atomic E-state index is 12.5. The number of para-hydroxylation sites is 1. The number of nitrogens with one attached hydrogen (secondary N) is 1. The molecule has 5 heteroatoms. The summed E-state index contributed by atoms with van der Waals surface area (Å²) in [6.45, 7) is 9.07. The molecule has 2 aromatic rings. The standard InChI is InChI=1S/C20H24ClN3O/c1-14-12-16(3)19(17(21)13-14)23-8-10-24(11-9-23)20(25)22-18-7-5-4-6-15(18)2/h4-7,12-13H,8-11H2,1-3H3,(H,22,25). The van der Waals surface area contributed by atoms with Crippen LogP contribution >= 0.6 is 11.6 Å². The Kier molecular flexibility index (Phi) is 5.19. The summed E-state index contributed by atoms with van der Waals surface area (Å²) in [5.74, 6) is 0. The van der Waals surface area contributed by atoms with Crippen LogP contribution < -0.4 is 10.2 Å². The zero-order valence-electron chi connectivity index (χ0n) is 15.0. The molecular weight excluding hydrogens is 334 g/mol. The van der Waals surface area contributed by atoms with Crippen LogP contribution in [0, 0.1) is 20.8 Å². The van der Waals surface area contributed by atoms with Crippen molar-refractivity contribution in [3.8, 4) is 0 Å². The lowest BCUT2D eigenvalue weighted by Gasteiger charge is -2.37. The van der Waals surface area contributed by atoms with Gasteiger partial charge in [-0.3, -0.25) is 0 Å². The highest BCUT2D eigenvalue weighted by molar-refractivity contribution is 6.33. The monoisotopic (exact) mass is 357 g/mol. The highest BCUT2D eigenvalue weighted by atomic mass is 35.5. The Morgan fingerprint density at radius 3 is 2.32 bits per heavy atom. The van der Waals surface area contributed by atoms with E-state index in [4.69, 9.17) is 11.6 Å². The molecule has 4 nitrogen and oxygen atoms in total. The lowest BCUT2D eigenvalue weighted by molar-refractivity contribution is 0.208. The van der Waals surface area contributed by atoms with Gasteiger partial charge in [0.15, 0.2) is 0 Å². The summed E-state index contributed by atoms with van der Waals surface area (Å²) < 4.78 is 0. The van der Waals surface area contributed by atoms with Gasteiger partial charge in [0.05, 0.1) is 10.7 Å². The second-order valence-corrected chi connectivity index (χ2v) is 7.04. The van der Waals surface area contributed by atoms with E-state index in [2.05, 4.69) is 30.1 Å². The topological polar surface area (TPSA) is 35.6 Å². The third kappa shape index (κ3) is 3.90. The van der Waals surface area contributed by atoms with Gasteiger partial charge in [-0.25, -0.2) is 4.79 Å². The molecule has 0 radical (unpaired) electrons. The van der Waals surface area contributed by atoms with E-state index >= 15 is 0 Å².